The number of nitrogens with one attached hydrogen (secondary N) is 1. The summed E-state index contributed by atoms with van der Waals surface area (Å²) in [5.74, 6) is 0.586. The van der Waals surface area contributed by atoms with Crippen LogP contribution in [0.3, 0.4) is 0 Å². The molecule has 0 aliphatic carbocycles. The van der Waals surface area contributed by atoms with E-state index >= 15 is 0 Å². The molecular formula is C16H27NO. The number of hydrogen-bond acceptors (Lipinski definition) is 2. The van der Waals surface area contributed by atoms with Crippen LogP contribution >= 0.6 is 0 Å². The lowest BCUT2D eigenvalue weighted by atomic mass is 10.0. The molecule has 0 bridgehead atoms. The van der Waals surface area contributed by atoms with E-state index in [4.69, 9.17) is 4.74 Å². The Balaban J connectivity index is 2.52. The van der Waals surface area contributed by atoms with Gasteiger partial charge in [0.15, 0.2) is 0 Å². The van der Waals surface area contributed by atoms with E-state index in [1.54, 1.807) is 0 Å². The predicted molar refractivity (Wildman–Crippen MR) is 77.9 cm³/mol. The van der Waals surface area contributed by atoms with Gasteiger partial charge >= 0.3 is 0 Å². The first kappa shape index (κ1) is 15.2. The first-order valence-corrected chi connectivity index (χ1v) is 6.91. The van der Waals surface area contributed by atoms with Gasteiger partial charge in [-0.2, -0.15) is 0 Å². The zero-order valence-electron chi connectivity index (χ0n) is 12.4. The fourth-order valence-electron chi connectivity index (χ4n) is 1.89. The van der Waals surface area contributed by atoms with E-state index in [0.29, 0.717) is 12.0 Å². The second-order valence-electron chi connectivity index (χ2n) is 5.31. The Hall–Kier alpha value is -0.860. The molecule has 0 aromatic heterocycles. The Morgan fingerprint density at radius 3 is 2.44 bits per heavy atom. The van der Waals surface area contributed by atoms with Crippen LogP contribution in [-0.4, -0.2) is 19.3 Å². The SMILES string of the molecule is CCOCC(NCc1ccc(C)c(C)c1)C(C)C. The lowest BCUT2D eigenvalue weighted by molar-refractivity contribution is 0.108. The number of ether oxygens (including phenoxy) is 1. The quantitative estimate of drug-likeness (QED) is 0.799. The fraction of sp³-hybridized carbons (Fsp3) is 0.625. The Morgan fingerprint density at radius 1 is 1.17 bits per heavy atom. The maximum atomic E-state index is 5.53. The molecule has 0 fully saturated rings. The Bertz CT molecular complexity index is 360. The standard InChI is InChI=1S/C16H27NO/c1-6-18-11-16(12(2)3)17-10-15-8-7-13(4)14(5)9-15/h7-9,12,16-17H,6,10-11H2,1-5H3. The van der Waals surface area contributed by atoms with E-state index in [9.17, 15) is 0 Å². The van der Waals surface area contributed by atoms with Gasteiger partial charge in [-0.05, 0) is 43.4 Å². The summed E-state index contributed by atoms with van der Waals surface area (Å²) in [5, 5.41) is 3.59. The molecule has 1 atom stereocenters. The van der Waals surface area contributed by atoms with Crippen molar-refractivity contribution in [3.05, 3.63) is 34.9 Å². The lowest BCUT2D eigenvalue weighted by Gasteiger charge is -2.22. The van der Waals surface area contributed by atoms with Crippen molar-refractivity contribution in [1.82, 2.24) is 5.32 Å². The van der Waals surface area contributed by atoms with Gasteiger partial charge in [0.2, 0.25) is 0 Å². The lowest BCUT2D eigenvalue weighted by Crippen LogP contribution is -2.37. The monoisotopic (exact) mass is 249 g/mol. The van der Waals surface area contributed by atoms with Crippen molar-refractivity contribution in [3.8, 4) is 0 Å². The normalized spacial score (nSPS) is 13.0. The van der Waals surface area contributed by atoms with Crippen molar-refractivity contribution in [2.24, 2.45) is 5.92 Å². The number of aryl methyl sites for hydroxylation is 2. The average molecular weight is 249 g/mol. The first-order valence-electron chi connectivity index (χ1n) is 6.91. The molecule has 0 saturated heterocycles. The minimum atomic E-state index is 0.423. The molecule has 0 spiro atoms. The largest absolute Gasteiger partial charge is 0.380 e. The van der Waals surface area contributed by atoms with E-state index < -0.39 is 0 Å². The van der Waals surface area contributed by atoms with Crippen LogP contribution in [0.1, 0.15) is 37.5 Å². The van der Waals surface area contributed by atoms with Gasteiger partial charge in [0.05, 0.1) is 6.61 Å². The van der Waals surface area contributed by atoms with Gasteiger partial charge in [-0.3, -0.25) is 0 Å². The van der Waals surface area contributed by atoms with Crippen molar-refractivity contribution in [2.45, 2.75) is 47.2 Å². The van der Waals surface area contributed by atoms with Gasteiger partial charge < -0.3 is 10.1 Å². The Morgan fingerprint density at radius 2 is 1.89 bits per heavy atom. The zero-order chi connectivity index (χ0) is 13.5. The van der Waals surface area contributed by atoms with E-state index in [1.165, 1.54) is 16.7 Å². The molecule has 18 heavy (non-hydrogen) atoms. The fourth-order valence-corrected chi connectivity index (χ4v) is 1.89. The van der Waals surface area contributed by atoms with Crippen LogP contribution in [0.25, 0.3) is 0 Å². The molecule has 1 rings (SSSR count). The molecule has 0 aliphatic rings. The highest BCUT2D eigenvalue weighted by molar-refractivity contribution is 5.29. The van der Waals surface area contributed by atoms with Crippen LogP contribution in [-0.2, 0) is 11.3 Å². The number of rotatable bonds is 7. The summed E-state index contributed by atoms with van der Waals surface area (Å²) in [5.41, 5.74) is 4.06. The third-order valence-corrected chi connectivity index (χ3v) is 3.45. The van der Waals surface area contributed by atoms with Crippen LogP contribution in [0.15, 0.2) is 18.2 Å². The van der Waals surface area contributed by atoms with Crippen molar-refractivity contribution >= 4 is 0 Å². The van der Waals surface area contributed by atoms with Gasteiger partial charge in [-0.15, -0.1) is 0 Å². The third-order valence-electron chi connectivity index (χ3n) is 3.45. The average Bonchev–Trinajstić information content (AvgIpc) is 2.33. The molecule has 0 aliphatic heterocycles. The second-order valence-corrected chi connectivity index (χ2v) is 5.31. The summed E-state index contributed by atoms with van der Waals surface area (Å²) in [6.45, 7) is 13.3. The molecule has 0 heterocycles. The van der Waals surface area contributed by atoms with Crippen LogP contribution in [0.2, 0.25) is 0 Å². The molecule has 2 nitrogen and oxygen atoms in total. The number of hydrogen-bond donors (Lipinski definition) is 1. The van der Waals surface area contributed by atoms with Crippen molar-refractivity contribution in [1.29, 1.82) is 0 Å². The van der Waals surface area contributed by atoms with Crippen LogP contribution in [0.4, 0.5) is 0 Å². The van der Waals surface area contributed by atoms with Gasteiger partial charge in [0, 0.05) is 19.2 Å². The van der Waals surface area contributed by atoms with Gasteiger partial charge in [0.25, 0.3) is 0 Å². The molecule has 102 valence electrons. The number of benzene rings is 1. The summed E-state index contributed by atoms with van der Waals surface area (Å²) in [6.07, 6.45) is 0. The molecule has 0 amide bonds. The predicted octanol–water partition coefficient (Wildman–Crippen LogP) is 3.45. The smallest absolute Gasteiger partial charge is 0.0622 e. The van der Waals surface area contributed by atoms with Gasteiger partial charge in [-0.1, -0.05) is 32.0 Å². The van der Waals surface area contributed by atoms with E-state index in [2.05, 4.69) is 51.2 Å². The van der Waals surface area contributed by atoms with Gasteiger partial charge in [0.1, 0.15) is 0 Å². The summed E-state index contributed by atoms with van der Waals surface area (Å²) < 4.78 is 5.53. The highest BCUT2D eigenvalue weighted by Gasteiger charge is 2.12. The van der Waals surface area contributed by atoms with Crippen LogP contribution in [0.5, 0.6) is 0 Å². The summed E-state index contributed by atoms with van der Waals surface area (Å²) in [6, 6.07) is 7.08. The first-order chi connectivity index (χ1) is 8.54. The Kier molecular flexibility index (Phi) is 6.37. The topological polar surface area (TPSA) is 21.3 Å². The minimum Gasteiger partial charge on any atom is -0.380 e. The summed E-state index contributed by atoms with van der Waals surface area (Å²) in [7, 11) is 0. The Labute approximate surface area is 112 Å². The zero-order valence-corrected chi connectivity index (χ0v) is 12.4. The highest BCUT2D eigenvalue weighted by Crippen LogP contribution is 2.11. The molecule has 1 aromatic rings. The highest BCUT2D eigenvalue weighted by atomic mass is 16.5. The van der Waals surface area contributed by atoms with E-state index in [1.807, 2.05) is 6.92 Å². The molecule has 1 aromatic carbocycles. The molecular weight excluding hydrogens is 222 g/mol. The molecule has 0 radical (unpaired) electrons. The van der Waals surface area contributed by atoms with Crippen molar-refractivity contribution in [2.75, 3.05) is 13.2 Å². The van der Waals surface area contributed by atoms with E-state index in [0.717, 1.165) is 19.8 Å². The summed E-state index contributed by atoms with van der Waals surface area (Å²) in [4.78, 5) is 0. The van der Waals surface area contributed by atoms with Crippen LogP contribution in [0, 0.1) is 19.8 Å². The molecule has 2 heteroatoms. The van der Waals surface area contributed by atoms with Crippen molar-refractivity contribution in [3.63, 3.8) is 0 Å². The molecule has 1 N–H and O–H groups in total. The molecule has 1 unspecified atom stereocenters. The molecule has 0 saturated carbocycles. The van der Waals surface area contributed by atoms with Crippen LogP contribution < -0.4 is 5.32 Å². The summed E-state index contributed by atoms with van der Waals surface area (Å²) >= 11 is 0. The second kappa shape index (κ2) is 7.55. The van der Waals surface area contributed by atoms with E-state index in [-0.39, 0.29) is 0 Å². The minimum absolute atomic E-state index is 0.423. The third kappa shape index (κ3) is 4.79. The maximum Gasteiger partial charge on any atom is 0.0622 e. The maximum absolute atomic E-state index is 5.53. The van der Waals surface area contributed by atoms with Gasteiger partial charge in [-0.25, -0.2) is 0 Å². The van der Waals surface area contributed by atoms with Crippen molar-refractivity contribution < 1.29 is 4.74 Å².